The topological polar surface area (TPSA) is 61.9 Å². The number of rotatable bonds is 10. The Morgan fingerprint density at radius 3 is 2.55 bits per heavy atom. The Hall–Kier alpha value is -2.64. The minimum Gasteiger partial charge on any atom is -0.491 e. The van der Waals surface area contributed by atoms with Crippen LogP contribution in [0.4, 0.5) is 9.18 Å². The number of unbranched alkanes of at least 4 members (excludes halogenated alkanes) is 1. The van der Waals surface area contributed by atoms with Crippen LogP contribution in [0.1, 0.15) is 31.7 Å². The molecular formula is C23H27ClFN3O3. The van der Waals surface area contributed by atoms with Gasteiger partial charge in [-0.1, -0.05) is 55.6 Å². The highest BCUT2D eigenvalue weighted by atomic mass is 35.5. The van der Waals surface area contributed by atoms with E-state index >= 15 is 0 Å². The number of likely N-dealkylation sites (N-methyl/N-ethyl adjacent to an activating group) is 1. The first-order chi connectivity index (χ1) is 14.9. The number of imide groups is 1. The highest BCUT2D eigenvalue weighted by Gasteiger charge is 2.51. The van der Waals surface area contributed by atoms with Gasteiger partial charge >= 0.3 is 6.03 Å². The van der Waals surface area contributed by atoms with Crippen LogP contribution in [0.2, 0.25) is 5.02 Å². The molecule has 0 aliphatic carbocycles. The molecule has 1 heterocycles. The van der Waals surface area contributed by atoms with Gasteiger partial charge in [0.2, 0.25) is 0 Å². The van der Waals surface area contributed by atoms with Crippen molar-refractivity contribution >= 4 is 23.5 Å². The predicted octanol–water partition coefficient (Wildman–Crippen LogP) is 4.38. The number of carbonyl (C=O) groups excluding carboxylic acids is 2. The largest absolute Gasteiger partial charge is 0.491 e. The van der Waals surface area contributed by atoms with E-state index in [4.69, 9.17) is 16.3 Å². The summed E-state index contributed by atoms with van der Waals surface area (Å²) in [4.78, 5) is 29.1. The molecular weight excluding hydrogens is 421 g/mol. The molecule has 166 valence electrons. The van der Waals surface area contributed by atoms with Crippen molar-refractivity contribution in [1.29, 1.82) is 0 Å². The lowest BCUT2D eigenvalue weighted by Gasteiger charge is -2.28. The van der Waals surface area contributed by atoms with Crippen LogP contribution >= 0.6 is 11.6 Å². The van der Waals surface area contributed by atoms with Crippen LogP contribution in [0, 0.1) is 5.82 Å². The maximum absolute atomic E-state index is 13.4. The number of para-hydroxylation sites is 1. The zero-order valence-electron chi connectivity index (χ0n) is 17.7. The van der Waals surface area contributed by atoms with Crippen molar-refractivity contribution < 1.29 is 18.7 Å². The fourth-order valence-electron chi connectivity index (χ4n) is 3.63. The number of ether oxygens (including phenoxy) is 1. The number of amides is 3. The SMILES string of the molecule is CCCCC1(c2ccc(F)cc2)NC(=O)N(CN(C)CCOc2ccccc2Cl)C1=O. The zero-order chi connectivity index (χ0) is 22.4. The molecule has 1 fully saturated rings. The van der Waals surface area contributed by atoms with Crippen LogP contribution in [-0.2, 0) is 10.3 Å². The quantitative estimate of drug-likeness (QED) is 0.549. The van der Waals surface area contributed by atoms with Gasteiger partial charge in [-0.2, -0.15) is 0 Å². The standard InChI is InChI=1S/C23H27ClFN3O3/c1-3-4-13-23(17-9-11-18(25)12-10-17)21(29)28(22(30)26-23)16-27(2)14-15-31-20-8-6-5-7-19(20)24/h5-12H,3-4,13-16H2,1-2H3,(H,26,30). The summed E-state index contributed by atoms with van der Waals surface area (Å²) in [6.07, 6.45) is 2.07. The molecule has 1 N–H and O–H groups in total. The van der Waals surface area contributed by atoms with Crippen molar-refractivity contribution in [2.75, 3.05) is 26.9 Å². The zero-order valence-corrected chi connectivity index (χ0v) is 18.5. The molecule has 0 aromatic heterocycles. The fourth-order valence-corrected chi connectivity index (χ4v) is 3.82. The van der Waals surface area contributed by atoms with Gasteiger partial charge in [-0.25, -0.2) is 14.1 Å². The van der Waals surface area contributed by atoms with Gasteiger partial charge in [-0.05, 0) is 43.3 Å². The number of hydrogen-bond acceptors (Lipinski definition) is 4. The summed E-state index contributed by atoms with van der Waals surface area (Å²) in [5, 5.41) is 3.40. The Morgan fingerprint density at radius 1 is 1.16 bits per heavy atom. The highest BCUT2D eigenvalue weighted by Crippen LogP contribution is 2.34. The summed E-state index contributed by atoms with van der Waals surface area (Å²) in [5.41, 5.74) is -0.580. The summed E-state index contributed by atoms with van der Waals surface area (Å²) in [7, 11) is 1.81. The van der Waals surface area contributed by atoms with Gasteiger partial charge < -0.3 is 10.1 Å². The molecule has 6 nitrogen and oxygen atoms in total. The number of benzene rings is 2. The maximum atomic E-state index is 13.4. The summed E-state index contributed by atoms with van der Waals surface area (Å²) < 4.78 is 19.1. The van der Waals surface area contributed by atoms with E-state index < -0.39 is 11.6 Å². The van der Waals surface area contributed by atoms with E-state index in [2.05, 4.69) is 5.32 Å². The molecule has 1 atom stereocenters. The second kappa shape index (κ2) is 10.1. The minimum atomic E-state index is -1.17. The van der Waals surface area contributed by atoms with Gasteiger partial charge in [0.25, 0.3) is 5.91 Å². The normalized spacial score (nSPS) is 18.5. The Balaban J connectivity index is 1.67. The number of nitrogens with one attached hydrogen (secondary N) is 1. The van der Waals surface area contributed by atoms with Gasteiger partial charge in [0, 0.05) is 6.54 Å². The van der Waals surface area contributed by atoms with Gasteiger partial charge in [0.05, 0.1) is 11.7 Å². The van der Waals surface area contributed by atoms with E-state index in [-0.39, 0.29) is 18.4 Å². The molecule has 1 saturated heterocycles. The van der Waals surface area contributed by atoms with E-state index in [0.29, 0.717) is 35.9 Å². The summed E-state index contributed by atoms with van der Waals surface area (Å²) in [5.74, 6) is -0.125. The Morgan fingerprint density at radius 2 is 1.87 bits per heavy atom. The van der Waals surface area contributed by atoms with Crippen LogP contribution in [-0.4, -0.2) is 48.6 Å². The second-order valence-corrected chi connectivity index (χ2v) is 8.09. The molecule has 3 amide bonds. The van der Waals surface area contributed by atoms with Crippen LogP contribution in [0.5, 0.6) is 5.75 Å². The van der Waals surface area contributed by atoms with Crippen molar-refractivity contribution in [2.45, 2.75) is 31.7 Å². The van der Waals surface area contributed by atoms with Crippen LogP contribution in [0.3, 0.4) is 0 Å². The summed E-state index contributed by atoms with van der Waals surface area (Å²) >= 11 is 6.09. The molecule has 0 bridgehead atoms. The molecule has 0 radical (unpaired) electrons. The fraction of sp³-hybridized carbons (Fsp3) is 0.391. The number of nitrogens with zero attached hydrogens (tertiary/aromatic N) is 2. The molecule has 2 aromatic rings. The predicted molar refractivity (Wildman–Crippen MR) is 117 cm³/mol. The minimum absolute atomic E-state index is 0.117. The van der Waals surface area contributed by atoms with E-state index in [1.54, 1.807) is 31.3 Å². The van der Waals surface area contributed by atoms with E-state index in [1.165, 1.54) is 17.0 Å². The second-order valence-electron chi connectivity index (χ2n) is 7.68. The third kappa shape index (κ3) is 5.17. The Kier molecular flexibility index (Phi) is 7.51. The summed E-state index contributed by atoms with van der Waals surface area (Å²) in [6, 6.07) is 12.5. The Labute approximate surface area is 186 Å². The first kappa shape index (κ1) is 23.0. The number of hydrogen-bond donors (Lipinski definition) is 1. The Bertz CT molecular complexity index is 925. The first-order valence-corrected chi connectivity index (χ1v) is 10.7. The molecule has 1 unspecified atom stereocenters. The summed E-state index contributed by atoms with van der Waals surface area (Å²) in [6.45, 7) is 2.97. The van der Waals surface area contributed by atoms with Crippen molar-refractivity contribution in [2.24, 2.45) is 0 Å². The van der Waals surface area contributed by atoms with E-state index in [0.717, 1.165) is 12.8 Å². The van der Waals surface area contributed by atoms with Crippen molar-refractivity contribution in [3.8, 4) is 5.75 Å². The molecule has 1 aliphatic heterocycles. The average Bonchev–Trinajstić information content (AvgIpc) is 2.99. The van der Waals surface area contributed by atoms with Gasteiger partial charge in [0.1, 0.15) is 23.7 Å². The van der Waals surface area contributed by atoms with E-state index in [1.807, 2.05) is 24.0 Å². The lowest BCUT2D eigenvalue weighted by atomic mass is 9.85. The molecule has 2 aromatic carbocycles. The lowest BCUT2D eigenvalue weighted by molar-refractivity contribution is -0.133. The molecule has 0 saturated carbocycles. The van der Waals surface area contributed by atoms with Gasteiger partial charge in [-0.15, -0.1) is 0 Å². The third-order valence-corrected chi connectivity index (χ3v) is 5.68. The maximum Gasteiger partial charge on any atom is 0.326 e. The molecule has 1 aliphatic rings. The smallest absolute Gasteiger partial charge is 0.326 e. The van der Waals surface area contributed by atoms with Crippen LogP contribution < -0.4 is 10.1 Å². The average molecular weight is 448 g/mol. The molecule has 31 heavy (non-hydrogen) atoms. The van der Waals surface area contributed by atoms with Crippen LogP contribution in [0.25, 0.3) is 0 Å². The van der Waals surface area contributed by atoms with Crippen LogP contribution in [0.15, 0.2) is 48.5 Å². The molecule has 3 rings (SSSR count). The van der Waals surface area contributed by atoms with Crippen molar-refractivity contribution in [3.05, 3.63) is 64.9 Å². The molecule has 8 heteroatoms. The lowest BCUT2D eigenvalue weighted by Crippen LogP contribution is -2.45. The monoisotopic (exact) mass is 447 g/mol. The van der Waals surface area contributed by atoms with Crippen molar-refractivity contribution in [3.63, 3.8) is 0 Å². The number of urea groups is 1. The first-order valence-electron chi connectivity index (χ1n) is 10.3. The number of carbonyl (C=O) groups is 2. The van der Waals surface area contributed by atoms with Crippen molar-refractivity contribution in [1.82, 2.24) is 15.1 Å². The van der Waals surface area contributed by atoms with Gasteiger partial charge in [-0.3, -0.25) is 9.69 Å². The van der Waals surface area contributed by atoms with E-state index in [9.17, 15) is 14.0 Å². The third-order valence-electron chi connectivity index (χ3n) is 5.37. The number of halogens is 2. The van der Waals surface area contributed by atoms with Gasteiger partial charge in [0.15, 0.2) is 0 Å². The highest BCUT2D eigenvalue weighted by molar-refractivity contribution is 6.32. The molecule has 0 spiro atoms.